The summed E-state index contributed by atoms with van der Waals surface area (Å²) in [6.07, 6.45) is -0.690. The SMILES string of the molecule is Cc1cccc(C(=O)NCC(O)c2ccccc2)c1C. The quantitative estimate of drug-likeness (QED) is 0.896. The van der Waals surface area contributed by atoms with Gasteiger partial charge in [-0.05, 0) is 36.6 Å². The van der Waals surface area contributed by atoms with E-state index in [4.69, 9.17) is 0 Å². The Morgan fingerprint density at radius 1 is 1.10 bits per heavy atom. The lowest BCUT2D eigenvalue weighted by atomic mass is 10.0. The van der Waals surface area contributed by atoms with Gasteiger partial charge in [0, 0.05) is 12.1 Å². The molecular weight excluding hydrogens is 250 g/mol. The highest BCUT2D eigenvalue weighted by atomic mass is 16.3. The van der Waals surface area contributed by atoms with E-state index in [9.17, 15) is 9.90 Å². The highest BCUT2D eigenvalue weighted by Gasteiger charge is 2.12. The fourth-order valence-electron chi connectivity index (χ4n) is 2.07. The summed E-state index contributed by atoms with van der Waals surface area (Å²) in [7, 11) is 0. The maximum Gasteiger partial charge on any atom is 0.251 e. The van der Waals surface area contributed by atoms with Crippen molar-refractivity contribution in [3.05, 3.63) is 70.8 Å². The van der Waals surface area contributed by atoms with Gasteiger partial charge in [-0.15, -0.1) is 0 Å². The monoisotopic (exact) mass is 269 g/mol. The number of hydrogen-bond donors (Lipinski definition) is 2. The molecule has 104 valence electrons. The third-order valence-corrected chi connectivity index (χ3v) is 3.49. The molecule has 2 N–H and O–H groups in total. The highest BCUT2D eigenvalue weighted by Crippen LogP contribution is 2.14. The summed E-state index contributed by atoms with van der Waals surface area (Å²) in [5.74, 6) is -0.152. The van der Waals surface area contributed by atoms with Crippen LogP contribution in [0.5, 0.6) is 0 Å². The molecule has 0 fully saturated rings. The Bertz CT molecular complexity index is 593. The average molecular weight is 269 g/mol. The molecule has 0 aliphatic heterocycles. The van der Waals surface area contributed by atoms with Gasteiger partial charge in [0.2, 0.25) is 0 Å². The van der Waals surface area contributed by atoms with Crippen LogP contribution < -0.4 is 5.32 Å². The number of carbonyl (C=O) groups excluding carboxylic acids is 1. The van der Waals surface area contributed by atoms with Crippen molar-refractivity contribution in [2.75, 3.05) is 6.54 Å². The van der Waals surface area contributed by atoms with Gasteiger partial charge in [-0.25, -0.2) is 0 Å². The topological polar surface area (TPSA) is 49.3 Å². The molecule has 0 aromatic heterocycles. The molecule has 0 bridgehead atoms. The van der Waals surface area contributed by atoms with E-state index in [0.29, 0.717) is 5.56 Å². The highest BCUT2D eigenvalue weighted by molar-refractivity contribution is 5.95. The predicted molar refractivity (Wildman–Crippen MR) is 79.7 cm³/mol. The van der Waals surface area contributed by atoms with Crippen LogP contribution in [0.4, 0.5) is 0 Å². The molecule has 0 saturated carbocycles. The minimum Gasteiger partial charge on any atom is -0.387 e. The maximum atomic E-state index is 12.1. The van der Waals surface area contributed by atoms with Gasteiger partial charge in [-0.3, -0.25) is 4.79 Å². The van der Waals surface area contributed by atoms with Crippen molar-refractivity contribution in [3.8, 4) is 0 Å². The number of nitrogens with one attached hydrogen (secondary N) is 1. The Morgan fingerprint density at radius 3 is 2.50 bits per heavy atom. The van der Waals surface area contributed by atoms with Gasteiger partial charge in [0.1, 0.15) is 0 Å². The first-order valence-corrected chi connectivity index (χ1v) is 6.67. The smallest absolute Gasteiger partial charge is 0.251 e. The number of rotatable bonds is 4. The van der Waals surface area contributed by atoms with Gasteiger partial charge in [-0.2, -0.15) is 0 Å². The zero-order chi connectivity index (χ0) is 14.5. The summed E-state index contributed by atoms with van der Waals surface area (Å²) in [6.45, 7) is 4.11. The minimum absolute atomic E-state index is 0.152. The number of hydrogen-bond acceptors (Lipinski definition) is 2. The van der Waals surface area contributed by atoms with Crippen LogP contribution >= 0.6 is 0 Å². The van der Waals surface area contributed by atoms with Crippen molar-refractivity contribution in [3.63, 3.8) is 0 Å². The Hall–Kier alpha value is -2.13. The van der Waals surface area contributed by atoms with E-state index in [1.807, 2.05) is 56.3 Å². The number of aliphatic hydroxyl groups is 1. The van der Waals surface area contributed by atoms with Gasteiger partial charge in [0.05, 0.1) is 6.10 Å². The van der Waals surface area contributed by atoms with E-state index in [-0.39, 0.29) is 12.5 Å². The van der Waals surface area contributed by atoms with Gasteiger partial charge >= 0.3 is 0 Å². The van der Waals surface area contributed by atoms with Crippen LogP contribution in [0.3, 0.4) is 0 Å². The zero-order valence-electron chi connectivity index (χ0n) is 11.8. The molecule has 2 aromatic rings. The lowest BCUT2D eigenvalue weighted by Gasteiger charge is -2.13. The van der Waals surface area contributed by atoms with Crippen molar-refractivity contribution >= 4 is 5.91 Å². The van der Waals surface area contributed by atoms with E-state index in [0.717, 1.165) is 16.7 Å². The number of carbonyl (C=O) groups is 1. The summed E-state index contributed by atoms with van der Waals surface area (Å²) >= 11 is 0. The molecular formula is C17H19NO2. The van der Waals surface area contributed by atoms with Gasteiger partial charge in [0.15, 0.2) is 0 Å². The van der Waals surface area contributed by atoms with Crippen LogP contribution in [0, 0.1) is 13.8 Å². The van der Waals surface area contributed by atoms with Crippen LogP contribution in [0.15, 0.2) is 48.5 Å². The summed E-state index contributed by atoms with van der Waals surface area (Å²) in [6, 6.07) is 15.0. The van der Waals surface area contributed by atoms with Crippen molar-refractivity contribution in [1.82, 2.24) is 5.32 Å². The molecule has 0 spiro atoms. The molecule has 0 heterocycles. The van der Waals surface area contributed by atoms with Crippen LogP contribution in [0.1, 0.15) is 33.2 Å². The minimum atomic E-state index is -0.690. The Balaban J connectivity index is 2.01. The van der Waals surface area contributed by atoms with E-state index in [1.54, 1.807) is 6.07 Å². The Kier molecular flexibility index (Phi) is 4.53. The molecule has 0 aliphatic rings. The third-order valence-electron chi connectivity index (χ3n) is 3.49. The maximum absolute atomic E-state index is 12.1. The number of amides is 1. The summed E-state index contributed by atoms with van der Waals surface area (Å²) in [5.41, 5.74) is 3.51. The summed E-state index contributed by atoms with van der Waals surface area (Å²) in [5, 5.41) is 12.8. The standard InChI is InChI=1S/C17H19NO2/c1-12-7-6-10-15(13(12)2)17(20)18-11-16(19)14-8-4-3-5-9-14/h3-10,16,19H,11H2,1-2H3,(H,18,20). The van der Waals surface area contributed by atoms with Crippen LogP contribution in [0.25, 0.3) is 0 Å². The Morgan fingerprint density at radius 2 is 1.80 bits per heavy atom. The second-order valence-electron chi connectivity index (χ2n) is 4.88. The van der Waals surface area contributed by atoms with Crippen LogP contribution in [0.2, 0.25) is 0 Å². The van der Waals surface area contributed by atoms with Crippen LogP contribution in [-0.4, -0.2) is 17.6 Å². The van der Waals surface area contributed by atoms with Gasteiger partial charge in [-0.1, -0.05) is 42.5 Å². The normalized spacial score (nSPS) is 11.9. The third kappa shape index (κ3) is 3.25. The number of aryl methyl sites for hydroxylation is 1. The second kappa shape index (κ2) is 6.35. The lowest BCUT2D eigenvalue weighted by Crippen LogP contribution is -2.29. The first-order valence-electron chi connectivity index (χ1n) is 6.67. The van der Waals surface area contributed by atoms with Crippen molar-refractivity contribution < 1.29 is 9.90 Å². The molecule has 1 unspecified atom stereocenters. The van der Waals surface area contributed by atoms with E-state index in [2.05, 4.69) is 5.32 Å². The molecule has 20 heavy (non-hydrogen) atoms. The van der Waals surface area contributed by atoms with Crippen molar-refractivity contribution in [2.45, 2.75) is 20.0 Å². The molecule has 2 aromatic carbocycles. The molecule has 1 amide bonds. The molecule has 0 radical (unpaired) electrons. The van der Waals surface area contributed by atoms with E-state index < -0.39 is 6.10 Å². The predicted octanol–water partition coefficient (Wildman–Crippen LogP) is 2.77. The Labute approximate surface area is 119 Å². The molecule has 1 atom stereocenters. The van der Waals surface area contributed by atoms with Gasteiger partial charge < -0.3 is 10.4 Å². The van der Waals surface area contributed by atoms with Crippen molar-refractivity contribution in [2.24, 2.45) is 0 Å². The fourth-order valence-corrected chi connectivity index (χ4v) is 2.07. The molecule has 0 aliphatic carbocycles. The molecule has 2 rings (SSSR count). The molecule has 3 nitrogen and oxygen atoms in total. The van der Waals surface area contributed by atoms with E-state index >= 15 is 0 Å². The number of aliphatic hydroxyl groups excluding tert-OH is 1. The van der Waals surface area contributed by atoms with E-state index in [1.165, 1.54) is 0 Å². The zero-order valence-corrected chi connectivity index (χ0v) is 11.8. The average Bonchev–Trinajstić information content (AvgIpc) is 2.48. The number of benzene rings is 2. The first kappa shape index (κ1) is 14.3. The summed E-state index contributed by atoms with van der Waals surface area (Å²) in [4.78, 5) is 12.1. The summed E-state index contributed by atoms with van der Waals surface area (Å²) < 4.78 is 0. The second-order valence-corrected chi connectivity index (χ2v) is 4.88. The molecule has 0 saturated heterocycles. The largest absolute Gasteiger partial charge is 0.387 e. The van der Waals surface area contributed by atoms with Crippen LogP contribution in [-0.2, 0) is 0 Å². The fraction of sp³-hybridized carbons (Fsp3) is 0.235. The van der Waals surface area contributed by atoms with Crippen molar-refractivity contribution in [1.29, 1.82) is 0 Å². The van der Waals surface area contributed by atoms with Gasteiger partial charge in [0.25, 0.3) is 5.91 Å². The lowest BCUT2D eigenvalue weighted by molar-refractivity contribution is 0.0915. The first-order chi connectivity index (χ1) is 9.59. The molecule has 3 heteroatoms.